The van der Waals surface area contributed by atoms with Crippen molar-refractivity contribution in [1.82, 2.24) is 9.55 Å². The number of benzene rings is 1. The maximum atomic E-state index is 13.7. The zero-order valence-electron chi connectivity index (χ0n) is 11.4. The van der Waals surface area contributed by atoms with Crippen LogP contribution in [0.4, 0.5) is 10.3 Å². The molecule has 5 heteroatoms. The van der Waals surface area contributed by atoms with Crippen LogP contribution in [0.5, 0.6) is 0 Å². The van der Waals surface area contributed by atoms with Crippen molar-refractivity contribution in [3.8, 4) is 5.69 Å². The molecule has 0 spiro atoms. The molecule has 106 valence electrons. The maximum Gasteiger partial charge on any atom is 0.207 e. The van der Waals surface area contributed by atoms with Crippen molar-refractivity contribution in [1.29, 1.82) is 0 Å². The summed E-state index contributed by atoms with van der Waals surface area (Å²) in [5.74, 6) is 0.539. The highest BCUT2D eigenvalue weighted by molar-refractivity contribution is 9.10. The minimum absolute atomic E-state index is 0.263. The van der Waals surface area contributed by atoms with Crippen molar-refractivity contribution >= 4 is 21.9 Å². The lowest BCUT2D eigenvalue weighted by Crippen LogP contribution is -2.17. The Morgan fingerprint density at radius 3 is 2.80 bits per heavy atom. The number of hydrogen-bond donors (Lipinski definition) is 1. The standard InChI is InChI=1S/C15H17BrFN3/c1-10-9-20(12-6-7-13(16)14(17)8-12)15(18-10)19-11-4-2-3-5-11/h6-9,11H,2-5H2,1H3,(H,18,19). The zero-order valence-corrected chi connectivity index (χ0v) is 13.0. The van der Waals surface area contributed by atoms with Gasteiger partial charge in [-0.25, -0.2) is 9.37 Å². The van der Waals surface area contributed by atoms with E-state index in [0.29, 0.717) is 10.5 Å². The summed E-state index contributed by atoms with van der Waals surface area (Å²) in [6.07, 6.45) is 6.83. The molecule has 20 heavy (non-hydrogen) atoms. The summed E-state index contributed by atoms with van der Waals surface area (Å²) in [5, 5.41) is 3.48. The van der Waals surface area contributed by atoms with Crippen LogP contribution in [0.25, 0.3) is 5.69 Å². The van der Waals surface area contributed by atoms with E-state index >= 15 is 0 Å². The Kier molecular flexibility index (Phi) is 3.78. The van der Waals surface area contributed by atoms with Gasteiger partial charge < -0.3 is 5.32 Å². The highest BCUT2D eigenvalue weighted by Crippen LogP contribution is 2.25. The van der Waals surface area contributed by atoms with Crippen LogP contribution in [0.1, 0.15) is 31.4 Å². The summed E-state index contributed by atoms with van der Waals surface area (Å²) in [5.41, 5.74) is 1.71. The summed E-state index contributed by atoms with van der Waals surface area (Å²) in [4.78, 5) is 4.52. The Bertz CT molecular complexity index is 618. The first-order valence-corrected chi connectivity index (χ1v) is 7.71. The van der Waals surface area contributed by atoms with E-state index in [1.54, 1.807) is 6.07 Å². The van der Waals surface area contributed by atoms with Crippen LogP contribution in [-0.4, -0.2) is 15.6 Å². The zero-order chi connectivity index (χ0) is 14.1. The topological polar surface area (TPSA) is 29.9 Å². The van der Waals surface area contributed by atoms with E-state index in [-0.39, 0.29) is 5.82 Å². The lowest BCUT2D eigenvalue weighted by atomic mass is 10.2. The first-order valence-electron chi connectivity index (χ1n) is 6.91. The van der Waals surface area contributed by atoms with Gasteiger partial charge in [-0.3, -0.25) is 4.57 Å². The fourth-order valence-corrected chi connectivity index (χ4v) is 2.93. The van der Waals surface area contributed by atoms with Crippen LogP contribution in [0.15, 0.2) is 28.9 Å². The van der Waals surface area contributed by atoms with E-state index in [4.69, 9.17) is 0 Å². The van der Waals surface area contributed by atoms with Crippen molar-refractivity contribution < 1.29 is 4.39 Å². The van der Waals surface area contributed by atoms with Crippen LogP contribution in [-0.2, 0) is 0 Å². The number of nitrogens with zero attached hydrogens (tertiary/aromatic N) is 2. The van der Waals surface area contributed by atoms with E-state index in [9.17, 15) is 4.39 Å². The molecular formula is C15H17BrFN3. The van der Waals surface area contributed by atoms with Crippen LogP contribution in [0, 0.1) is 12.7 Å². The van der Waals surface area contributed by atoms with Crippen molar-refractivity contribution in [2.75, 3.05) is 5.32 Å². The normalized spacial score (nSPS) is 15.8. The molecule has 0 radical (unpaired) electrons. The van der Waals surface area contributed by atoms with E-state index < -0.39 is 0 Å². The Balaban J connectivity index is 1.93. The van der Waals surface area contributed by atoms with Crippen molar-refractivity contribution in [2.45, 2.75) is 38.6 Å². The molecule has 1 fully saturated rings. The second-order valence-electron chi connectivity index (χ2n) is 5.30. The molecule has 1 aromatic heterocycles. The first-order chi connectivity index (χ1) is 9.63. The Hall–Kier alpha value is -1.36. The molecule has 1 heterocycles. The third-order valence-corrected chi connectivity index (χ3v) is 4.34. The minimum Gasteiger partial charge on any atom is -0.353 e. The molecular weight excluding hydrogens is 321 g/mol. The molecule has 2 aromatic rings. The predicted molar refractivity (Wildman–Crippen MR) is 81.8 cm³/mol. The molecule has 0 amide bonds. The SMILES string of the molecule is Cc1cn(-c2ccc(Br)c(F)c2)c(NC2CCCC2)n1. The summed E-state index contributed by atoms with van der Waals surface area (Å²) in [6.45, 7) is 1.95. The van der Waals surface area contributed by atoms with Gasteiger partial charge in [-0.05, 0) is 53.9 Å². The lowest BCUT2D eigenvalue weighted by molar-refractivity contribution is 0.620. The highest BCUT2D eigenvalue weighted by Gasteiger charge is 2.18. The molecule has 0 bridgehead atoms. The predicted octanol–water partition coefficient (Wildman–Crippen LogP) is 4.44. The molecule has 3 nitrogen and oxygen atoms in total. The minimum atomic E-state index is -0.263. The molecule has 0 atom stereocenters. The quantitative estimate of drug-likeness (QED) is 0.897. The molecule has 0 aliphatic heterocycles. The lowest BCUT2D eigenvalue weighted by Gasteiger charge is -2.14. The number of aromatic nitrogens is 2. The Morgan fingerprint density at radius 1 is 1.35 bits per heavy atom. The van der Waals surface area contributed by atoms with Gasteiger partial charge >= 0.3 is 0 Å². The molecule has 3 rings (SSSR count). The first kappa shape index (κ1) is 13.6. The Morgan fingerprint density at radius 2 is 2.10 bits per heavy atom. The average Bonchev–Trinajstić information content (AvgIpc) is 3.03. The van der Waals surface area contributed by atoms with Crippen LogP contribution >= 0.6 is 15.9 Å². The van der Waals surface area contributed by atoms with Gasteiger partial charge in [-0.15, -0.1) is 0 Å². The smallest absolute Gasteiger partial charge is 0.207 e. The summed E-state index contributed by atoms with van der Waals surface area (Å²) >= 11 is 3.18. The molecule has 1 aliphatic rings. The molecule has 0 unspecified atom stereocenters. The number of aryl methyl sites for hydroxylation is 1. The monoisotopic (exact) mass is 337 g/mol. The average molecular weight is 338 g/mol. The van der Waals surface area contributed by atoms with E-state index in [2.05, 4.69) is 26.2 Å². The fraction of sp³-hybridized carbons (Fsp3) is 0.400. The summed E-state index contributed by atoms with van der Waals surface area (Å²) < 4.78 is 16.1. The van der Waals surface area contributed by atoms with E-state index in [0.717, 1.165) is 17.3 Å². The highest BCUT2D eigenvalue weighted by atomic mass is 79.9. The van der Waals surface area contributed by atoms with Gasteiger partial charge in [-0.1, -0.05) is 12.8 Å². The van der Waals surface area contributed by atoms with Crippen molar-refractivity contribution in [3.63, 3.8) is 0 Å². The molecule has 0 saturated heterocycles. The van der Waals surface area contributed by atoms with Gasteiger partial charge in [0.25, 0.3) is 0 Å². The third kappa shape index (κ3) is 2.73. The van der Waals surface area contributed by atoms with Gasteiger partial charge in [0.2, 0.25) is 5.95 Å². The van der Waals surface area contributed by atoms with Crippen LogP contribution < -0.4 is 5.32 Å². The number of rotatable bonds is 3. The maximum absolute atomic E-state index is 13.7. The van der Waals surface area contributed by atoms with Gasteiger partial charge in [0.1, 0.15) is 5.82 Å². The second kappa shape index (κ2) is 5.56. The number of anilines is 1. The van der Waals surface area contributed by atoms with Crippen LogP contribution in [0.3, 0.4) is 0 Å². The van der Waals surface area contributed by atoms with Gasteiger partial charge in [0.15, 0.2) is 0 Å². The largest absolute Gasteiger partial charge is 0.353 e. The summed E-state index contributed by atoms with van der Waals surface area (Å²) in [7, 11) is 0. The Labute approximate surface area is 126 Å². The van der Waals surface area contributed by atoms with Gasteiger partial charge in [0.05, 0.1) is 15.9 Å². The van der Waals surface area contributed by atoms with E-state index in [1.165, 1.54) is 31.7 Å². The molecule has 1 saturated carbocycles. The van der Waals surface area contributed by atoms with E-state index in [1.807, 2.05) is 23.8 Å². The fourth-order valence-electron chi connectivity index (χ4n) is 2.68. The van der Waals surface area contributed by atoms with Crippen LogP contribution in [0.2, 0.25) is 0 Å². The number of hydrogen-bond acceptors (Lipinski definition) is 2. The second-order valence-corrected chi connectivity index (χ2v) is 6.15. The molecule has 1 aliphatic carbocycles. The number of nitrogens with one attached hydrogen (secondary N) is 1. The van der Waals surface area contributed by atoms with Crippen molar-refractivity contribution in [3.05, 3.63) is 40.4 Å². The molecule has 1 aromatic carbocycles. The van der Waals surface area contributed by atoms with Crippen molar-refractivity contribution in [2.24, 2.45) is 0 Å². The number of halogens is 2. The molecule has 1 N–H and O–H groups in total. The third-order valence-electron chi connectivity index (χ3n) is 3.70. The summed E-state index contributed by atoms with van der Waals surface area (Å²) in [6, 6.07) is 5.61. The van der Waals surface area contributed by atoms with Gasteiger partial charge in [-0.2, -0.15) is 0 Å². The van der Waals surface area contributed by atoms with Gasteiger partial charge in [0, 0.05) is 12.2 Å². The number of imidazole rings is 1.